The van der Waals surface area contributed by atoms with Gasteiger partial charge in [-0.05, 0) is 71.8 Å². The minimum absolute atomic E-state index is 0.830. The van der Waals surface area contributed by atoms with E-state index < -0.39 is 0 Å². The Kier molecular flexibility index (Phi) is 5.40. The van der Waals surface area contributed by atoms with Crippen LogP contribution in [0.3, 0.4) is 0 Å². The molecule has 134 valence electrons. The van der Waals surface area contributed by atoms with Crippen LogP contribution in [0.5, 0.6) is 0 Å². The zero-order valence-electron chi connectivity index (χ0n) is 15.2. The molecule has 4 heterocycles. The Hall–Kier alpha value is -3.92. The summed E-state index contributed by atoms with van der Waals surface area (Å²) in [5.74, 6) is 0. The monoisotopic (exact) mass is 362 g/mol. The molecule has 0 aromatic carbocycles. The van der Waals surface area contributed by atoms with Gasteiger partial charge >= 0.3 is 0 Å². The van der Waals surface area contributed by atoms with Crippen LogP contribution in [-0.2, 0) is 0 Å². The van der Waals surface area contributed by atoms with Crippen molar-refractivity contribution in [2.75, 3.05) is 0 Å². The lowest BCUT2D eigenvalue weighted by atomic mass is 10.1. The predicted octanol–water partition coefficient (Wildman–Crippen LogP) is 5.27. The normalized spacial score (nSPS) is 11.3. The highest BCUT2D eigenvalue weighted by atomic mass is 14.8. The molecule has 4 aromatic heterocycles. The summed E-state index contributed by atoms with van der Waals surface area (Å²) in [6.07, 6.45) is 15.2. The minimum Gasteiger partial charge on any atom is -0.257 e. The van der Waals surface area contributed by atoms with E-state index in [4.69, 9.17) is 0 Å². The summed E-state index contributed by atoms with van der Waals surface area (Å²) in [6, 6.07) is 19.7. The predicted molar refractivity (Wildman–Crippen MR) is 114 cm³/mol. The fourth-order valence-electron chi connectivity index (χ4n) is 2.69. The van der Waals surface area contributed by atoms with Gasteiger partial charge in [0.05, 0.1) is 22.8 Å². The van der Waals surface area contributed by atoms with Crippen molar-refractivity contribution < 1.29 is 0 Å². The van der Waals surface area contributed by atoms with E-state index in [0.717, 1.165) is 33.9 Å². The molecule has 0 bridgehead atoms. The van der Waals surface area contributed by atoms with Crippen LogP contribution in [0.25, 0.3) is 35.7 Å². The summed E-state index contributed by atoms with van der Waals surface area (Å²) in [5.41, 5.74) is 5.59. The molecular formula is C24H18N4. The summed E-state index contributed by atoms with van der Waals surface area (Å²) in [6.45, 7) is 0. The summed E-state index contributed by atoms with van der Waals surface area (Å²) in [4.78, 5) is 17.6. The lowest BCUT2D eigenvalue weighted by molar-refractivity contribution is 1.24. The highest BCUT2D eigenvalue weighted by molar-refractivity contribution is 5.72. The molecule has 0 atom stereocenters. The standard InChI is InChI=1S/C24H18N4/c1-3-13-25-21(5-1)9-7-19-11-15-27-23(17-19)24-18-20(12-16-28-24)8-10-22-6-2-4-14-26-22/h1-18H/b9-7+,10-8+. The average molecular weight is 362 g/mol. The lowest BCUT2D eigenvalue weighted by Gasteiger charge is -2.03. The largest absolute Gasteiger partial charge is 0.257 e. The van der Waals surface area contributed by atoms with Crippen molar-refractivity contribution in [3.8, 4) is 11.4 Å². The third kappa shape index (κ3) is 4.62. The van der Waals surface area contributed by atoms with Gasteiger partial charge < -0.3 is 0 Å². The number of pyridine rings is 4. The first-order valence-electron chi connectivity index (χ1n) is 8.97. The molecule has 4 nitrogen and oxygen atoms in total. The number of hydrogen-bond acceptors (Lipinski definition) is 4. The maximum atomic E-state index is 4.48. The van der Waals surface area contributed by atoms with E-state index in [2.05, 4.69) is 19.9 Å². The molecule has 0 fully saturated rings. The van der Waals surface area contributed by atoms with E-state index >= 15 is 0 Å². The van der Waals surface area contributed by atoms with Crippen molar-refractivity contribution in [1.29, 1.82) is 0 Å². The minimum atomic E-state index is 0.830. The van der Waals surface area contributed by atoms with Gasteiger partial charge in [-0.2, -0.15) is 0 Å². The van der Waals surface area contributed by atoms with Gasteiger partial charge in [0.2, 0.25) is 0 Å². The molecule has 0 N–H and O–H groups in total. The maximum absolute atomic E-state index is 4.48. The van der Waals surface area contributed by atoms with E-state index in [1.807, 2.05) is 85.0 Å². The Labute approximate surface area is 164 Å². The van der Waals surface area contributed by atoms with Gasteiger partial charge in [0.25, 0.3) is 0 Å². The molecule has 0 amide bonds. The fourth-order valence-corrected chi connectivity index (χ4v) is 2.69. The topological polar surface area (TPSA) is 51.6 Å². The second-order valence-corrected chi connectivity index (χ2v) is 6.12. The highest BCUT2D eigenvalue weighted by Gasteiger charge is 2.02. The summed E-state index contributed by atoms with van der Waals surface area (Å²) in [5, 5.41) is 0. The van der Waals surface area contributed by atoms with Gasteiger partial charge in [0, 0.05) is 24.8 Å². The zero-order valence-corrected chi connectivity index (χ0v) is 15.2. The quantitative estimate of drug-likeness (QED) is 0.485. The smallest absolute Gasteiger partial charge is 0.0892 e. The SMILES string of the molecule is C(=C\c1ccccn1)/c1ccnc(-c2cc(/C=C/c3ccccn3)ccn2)c1. The van der Waals surface area contributed by atoms with Crippen molar-refractivity contribution >= 4 is 24.3 Å². The van der Waals surface area contributed by atoms with Crippen molar-refractivity contribution in [1.82, 2.24) is 19.9 Å². The first-order chi connectivity index (χ1) is 13.9. The Morgan fingerprint density at radius 2 is 0.964 bits per heavy atom. The van der Waals surface area contributed by atoms with Gasteiger partial charge in [-0.3, -0.25) is 19.9 Å². The van der Waals surface area contributed by atoms with Crippen LogP contribution in [0.2, 0.25) is 0 Å². The van der Waals surface area contributed by atoms with Crippen LogP contribution in [0.1, 0.15) is 22.5 Å². The number of aromatic nitrogens is 4. The van der Waals surface area contributed by atoms with E-state index in [-0.39, 0.29) is 0 Å². The molecule has 0 radical (unpaired) electrons. The van der Waals surface area contributed by atoms with Crippen molar-refractivity contribution in [3.63, 3.8) is 0 Å². The summed E-state index contributed by atoms with van der Waals surface area (Å²) < 4.78 is 0. The van der Waals surface area contributed by atoms with Gasteiger partial charge in [0.15, 0.2) is 0 Å². The number of hydrogen-bond donors (Lipinski definition) is 0. The van der Waals surface area contributed by atoms with E-state index in [1.165, 1.54) is 0 Å². The molecule has 4 rings (SSSR count). The van der Waals surface area contributed by atoms with Gasteiger partial charge in [-0.1, -0.05) is 24.3 Å². The molecule has 4 heteroatoms. The molecule has 0 aliphatic rings. The van der Waals surface area contributed by atoms with Crippen molar-refractivity contribution in [2.45, 2.75) is 0 Å². The fraction of sp³-hybridized carbons (Fsp3) is 0. The first kappa shape index (κ1) is 17.5. The van der Waals surface area contributed by atoms with Crippen LogP contribution < -0.4 is 0 Å². The molecular weight excluding hydrogens is 344 g/mol. The van der Waals surface area contributed by atoms with Crippen LogP contribution in [0.15, 0.2) is 85.5 Å². The van der Waals surface area contributed by atoms with E-state index in [0.29, 0.717) is 0 Å². The summed E-state index contributed by atoms with van der Waals surface area (Å²) in [7, 11) is 0. The molecule has 0 unspecified atom stereocenters. The molecule has 0 aliphatic carbocycles. The maximum Gasteiger partial charge on any atom is 0.0892 e. The lowest BCUT2D eigenvalue weighted by Crippen LogP contribution is -1.89. The van der Waals surface area contributed by atoms with Crippen LogP contribution in [0, 0.1) is 0 Å². The van der Waals surface area contributed by atoms with Crippen LogP contribution >= 0.6 is 0 Å². The molecule has 0 aliphatic heterocycles. The van der Waals surface area contributed by atoms with Crippen molar-refractivity contribution in [3.05, 3.63) is 108 Å². The molecule has 0 spiro atoms. The summed E-state index contributed by atoms with van der Waals surface area (Å²) >= 11 is 0. The average Bonchev–Trinajstić information content (AvgIpc) is 2.78. The Balaban J connectivity index is 1.56. The Morgan fingerprint density at radius 1 is 0.464 bits per heavy atom. The third-order valence-electron chi connectivity index (χ3n) is 4.10. The second-order valence-electron chi connectivity index (χ2n) is 6.12. The van der Waals surface area contributed by atoms with Gasteiger partial charge in [0.1, 0.15) is 0 Å². The molecule has 0 saturated carbocycles. The van der Waals surface area contributed by atoms with E-state index in [9.17, 15) is 0 Å². The third-order valence-corrected chi connectivity index (χ3v) is 4.10. The van der Waals surface area contributed by atoms with Crippen molar-refractivity contribution in [2.24, 2.45) is 0 Å². The number of nitrogens with zero attached hydrogens (tertiary/aromatic N) is 4. The van der Waals surface area contributed by atoms with Crippen LogP contribution in [0.4, 0.5) is 0 Å². The van der Waals surface area contributed by atoms with Crippen LogP contribution in [-0.4, -0.2) is 19.9 Å². The first-order valence-corrected chi connectivity index (χ1v) is 8.97. The number of rotatable bonds is 5. The van der Waals surface area contributed by atoms with Gasteiger partial charge in [-0.15, -0.1) is 0 Å². The Morgan fingerprint density at radius 3 is 1.39 bits per heavy atom. The highest BCUT2D eigenvalue weighted by Crippen LogP contribution is 2.19. The molecule has 0 saturated heterocycles. The Bertz CT molecular complexity index is 1010. The van der Waals surface area contributed by atoms with E-state index in [1.54, 1.807) is 24.8 Å². The molecule has 4 aromatic rings. The molecule has 28 heavy (non-hydrogen) atoms. The zero-order chi connectivity index (χ0) is 19.0. The van der Waals surface area contributed by atoms with Gasteiger partial charge in [-0.25, -0.2) is 0 Å². The second kappa shape index (κ2) is 8.64.